The quantitative estimate of drug-likeness (QED) is 0.118. The minimum atomic E-state index is -4.68. The van der Waals surface area contributed by atoms with Crippen LogP contribution in [0.4, 0.5) is 17.6 Å². The number of amides is 1. The number of carbonyl (C=O) groups excluding carboxylic acids is 2. The molecule has 0 saturated carbocycles. The fourth-order valence-corrected chi connectivity index (χ4v) is 4.62. The molecule has 9 heteroatoms. The van der Waals surface area contributed by atoms with E-state index in [1.165, 1.54) is 51.2 Å². The van der Waals surface area contributed by atoms with Gasteiger partial charge in [-0.15, -0.1) is 13.2 Å². The molecule has 3 aromatic rings. The number of ether oxygens (including phenoxy) is 2. The van der Waals surface area contributed by atoms with Crippen molar-refractivity contribution in [1.82, 2.24) is 5.32 Å². The average molecular weight is 676 g/mol. The number of hydrogen-bond acceptors (Lipinski definition) is 4. The minimum absolute atomic E-state index is 0.0123. The van der Waals surface area contributed by atoms with E-state index in [9.17, 15) is 27.2 Å². The summed E-state index contributed by atoms with van der Waals surface area (Å²) in [4.78, 5) is 23.0. The second-order valence-electron chi connectivity index (χ2n) is 10.6. The molecule has 3 rings (SSSR count). The van der Waals surface area contributed by atoms with Crippen LogP contribution in [0.25, 0.3) is 12.7 Å². The number of ketones is 1. The van der Waals surface area contributed by atoms with Crippen molar-refractivity contribution in [3.63, 3.8) is 0 Å². The van der Waals surface area contributed by atoms with Crippen LogP contribution >= 0.6 is 0 Å². The Morgan fingerprint density at radius 1 is 0.896 bits per heavy atom. The summed E-state index contributed by atoms with van der Waals surface area (Å²) in [6.45, 7) is 19.0. The zero-order valence-corrected chi connectivity index (χ0v) is 29.7. The van der Waals surface area contributed by atoms with E-state index in [1.807, 2.05) is 26.8 Å². The van der Waals surface area contributed by atoms with Gasteiger partial charge in [-0.3, -0.25) is 14.3 Å². The first kappa shape index (κ1) is 44.0. The maximum atomic E-state index is 12.7. The number of alkyl halides is 3. The molecule has 5 nitrogen and oxygen atoms in total. The zero-order valence-electron chi connectivity index (χ0n) is 29.7. The molecule has 48 heavy (non-hydrogen) atoms. The lowest BCUT2D eigenvalue weighted by Crippen LogP contribution is -2.33. The third-order valence-electron chi connectivity index (χ3n) is 7.07. The summed E-state index contributed by atoms with van der Waals surface area (Å²) in [7, 11) is 0. The van der Waals surface area contributed by atoms with E-state index in [2.05, 4.69) is 37.4 Å². The van der Waals surface area contributed by atoms with Crippen molar-refractivity contribution in [1.29, 1.82) is 0 Å². The summed E-state index contributed by atoms with van der Waals surface area (Å²) in [6.07, 6.45) is 4.12. The highest BCUT2D eigenvalue weighted by Gasteiger charge is 2.28. The smallest absolute Gasteiger partial charge is 0.457 e. The molecule has 0 spiro atoms. The Kier molecular flexibility index (Phi) is 22.2. The number of hydrogen-bond donors (Lipinski definition) is 1. The van der Waals surface area contributed by atoms with Crippen LogP contribution in [-0.2, 0) is 4.74 Å². The summed E-state index contributed by atoms with van der Waals surface area (Å²) in [6, 6.07) is 15.9. The van der Waals surface area contributed by atoms with Crippen molar-refractivity contribution >= 4 is 24.3 Å². The molecule has 0 radical (unpaired) electrons. The third kappa shape index (κ3) is 17.8. The van der Waals surface area contributed by atoms with Crippen LogP contribution in [0, 0.1) is 18.7 Å². The molecule has 0 fully saturated rings. The van der Waals surface area contributed by atoms with Crippen LogP contribution < -0.4 is 20.5 Å². The Bertz CT molecular complexity index is 1450. The molecule has 0 unspecified atom stereocenters. The number of rotatable bonds is 12. The van der Waals surface area contributed by atoms with Crippen molar-refractivity contribution in [3.8, 4) is 11.5 Å². The van der Waals surface area contributed by atoms with Crippen molar-refractivity contribution in [2.75, 3.05) is 13.2 Å². The molecule has 0 aliphatic carbocycles. The molecule has 0 aliphatic rings. The topological polar surface area (TPSA) is 64.6 Å². The molecular formula is C39H53F4NO4. The Labute approximate surface area is 284 Å². The van der Waals surface area contributed by atoms with Gasteiger partial charge in [0.15, 0.2) is 5.78 Å². The molecule has 0 aromatic heterocycles. The largest absolute Gasteiger partial charge is 0.522 e. The monoisotopic (exact) mass is 675 g/mol. The first-order valence-electron chi connectivity index (χ1n) is 16.5. The van der Waals surface area contributed by atoms with Gasteiger partial charge in [0.05, 0.1) is 6.61 Å². The Balaban J connectivity index is 0.000000715. The number of benzene rings is 3. The highest BCUT2D eigenvalue weighted by molar-refractivity contribution is 5.95. The lowest BCUT2D eigenvalue weighted by molar-refractivity contribution is -0.323. The van der Waals surface area contributed by atoms with Crippen molar-refractivity contribution in [2.45, 2.75) is 93.9 Å². The fourth-order valence-electron chi connectivity index (χ4n) is 4.62. The van der Waals surface area contributed by atoms with Gasteiger partial charge in [-0.05, 0) is 97.3 Å². The maximum absolute atomic E-state index is 12.7. The van der Waals surface area contributed by atoms with Crippen LogP contribution in [0.1, 0.15) is 107 Å². The number of halogens is 4. The van der Waals surface area contributed by atoms with Gasteiger partial charge in [0, 0.05) is 17.7 Å². The highest BCUT2D eigenvalue weighted by atomic mass is 19.4. The standard InChI is InChI=1S/C14H16F3NO2.C14H11FO2.C9H20.C2H6/c1-4-11-9(2)5-6-12(10(11)3)13(19)18-7-8-20-14(15,16)17;1-10(16)11-2-6-13(7-3-11)17-14-8-4-12(15)5-9-14;1-4-7-9(6-3)8-5-2;1-2/h4-6H,2,7-8H2,1,3H3,(H,18,19);2-9H,1H3;9H,4-8H2,1-3H3;1-2H3/b11-4+;;;. The number of nitrogens with one attached hydrogen (secondary N) is 1. The lowest BCUT2D eigenvalue weighted by atomic mass is 9.96. The summed E-state index contributed by atoms with van der Waals surface area (Å²) in [5.74, 6) is 1.46. The molecule has 1 N–H and O–H groups in total. The number of carbonyl (C=O) groups is 2. The maximum Gasteiger partial charge on any atom is 0.522 e. The second-order valence-corrected chi connectivity index (χ2v) is 10.6. The van der Waals surface area contributed by atoms with Crippen molar-refractivity contribution < 1.29 is 36.6 Å². The van der Waals surface area contributed by atoms with Gasteiger partial charge in [-0.25, -0.2) is 4.39 Å². The summed E-state index contributed by atoms with van der Waals surface area (Å²) in [5, 5.41) is 4.03. The van der Waals surface area contributed by atoms with Crippen LogP contribution in [0.2, 0.25) is 0 Å². The van der Waals surface area contributed by atoms with Crippen LogP contribution in [0.15, 0.2) is 60.7 Å². The van der Waals surface area contributed by atoms with Gasteiger partial charge >= 0.3 is 6.36 Å². The predicted molar refractivity (Wildman–Crippen MR) is 188 cm³/mol. The lowest BCUT2D eigenvalue weighted by Gasteiger charge is -2.10. The van der Waals surface area contributed by atoms with Gasteiger partial charge in [-0.2, -0.15) is 0 Å². The molecule has 0 aliphatic heterocycles. The molecule has 0 atom stereocenters. The Morgan fingerprint density at radius 3 is 1.85 bits per heavy atom. The first-order chi connectivity index (χ1) is 22.8. The molecule has 0 bridgehead atoms. The Hall–Kier alpha value is -3.98. The molecule has 266 valence electrons. The average Bonchev–Trinajstić information content (AvgIpc) is 3.05. The zero-order chi connectivity index (χ0) is 36.7. The summed E-state index contributed by atoms with van der Waals surface area (Å²) >= 11 is 0. The van der Waals surface area contributed by atoms with Crippen LogP contribution in [0.3, 0.4) is 0 Å². The van der Waals surface area contributed by atoms with Crippen LogP contribution in [-0.4, -0.2) is 31.2 Å². The van der Waals surface area contributed by atoms with E-state index in [-0.39, 0.29) is 18.1 Å². The van der Waals surface area contributed by atoms with E-state index in [0.717, 1.165) is 21.9 Å². The third-order valence-corrected chi connectivity index (χ3v) is 7.07. The van der Waals surface area contributed by atoms with Crippen molar-refractivity contribution in [3.05, 3.63) is 93.6 Å². The second kappa shape index (κ2) is 24.2. The van der Waals surface area contributed by atoms with Gasteiger partial charge in [0.1, 0.15) is 17.3 Å². The molecule has 0 heterocycles. The minimum Gasteiger partial charge on any atom is -0.457 e. The number of Topliss-reactive ketones (excluding diaryl/α,β-unsaturated/α-hetero) is 1. The summed E-state index contributed by atoms with van der Waals surface area (Å²) < 4.78 is 57.0. The van der Waals surface area contributed by atoms with Gasteiger partial charge in [0.25, 0.3) is 5.91 Å². The van der Waals surface area contributed by atoms with E-state index >= 15 is 0 Å². The fraction of sp³-hybridized carbons (Fsp3) is 0.436. The van der Waals surface area contributed by atoms with E-state index in [4.69, 9.17) is 4.74 Å². The molecule has 0 saturated heterocycles. The first-order valence-corrected chi connectivity index (χ1v) is 16.5. The van der Waals surface area contributed by atoms with E-state index < -0.39 is 18.9 Å². The normalized spacial score (nSPS) is 10.9. The summed E-state index contributed by atoms with van der Waals surface area (Å²) in [5.41, 5.74) is 1.79. The van der Waals surface area contributed by atoms with Gasteiger partial charge in [-0.1, -0.05) is 85.4 Å². The van der Waals surface area contributed by atoms with Gasteiger partial charge < -0.3 is 10.1 Å². The Morgan fingerprint density at radius 2 is 1.42 bits per heavy atom. The van der Waals surface area contributed by atoms with E-state index in [1.54, 1.807) is 55.5 Å². The van der Waals surface area contributed by atoms with Crippen LogP contribution in [0.5, 0.6) is 11.5 Å². The molecule has 3 aromatic carbocycles. The molecule has 1 amide bonds. The van der Waals surface area contributed by atoms with E-state index in [0.29, 0.717) is 22.6 Å². The SMILES string of the molecule is C=c1ccc(C(=O)NCCOC(F)(F)F)c(C)/c1=C/C.CC.CC(=O)c1ccc(Oc2ccc(F)cc2)cc1.CCCC(CC)CCC. The van der Waals surface area contributed by atoms with Gasteiger partial charge in [0.2, 0.25) is 0 Å². The molecular weight excluding hydrogens is 622 g/mol. The highest BCUT2D eigenvalue weighted by Crippen LogP contribution is 2.22. The van der Waals surface area contributed by atoms with Crippen molar-refractivity contribution in [2.24, 2.45) is 5.92 Å². The predicted octanol–water partition coefficient (Wildman–Crippen LogP) is 9.93.